The predicted molar refractivity (Wildman–Crippen MR) is 219 cm³/mol. The molecule has 0 spiro atoms. The van der Waals surface area contributed by atoms with Crippen molar-refractivity contribution >= 4 is 72.4 Å². The Balaban J connectivity index is 1.06. The van der Waals surface area contributed by atoms with Gasteiger partial charge in [-0.3, -0.25) is 0 Å². The van der Waals surface area contributed by atoms with Crippen LogP contribution in [0.2, 0.25) is 0 Å². The molecule has 4 heteroatoms. The monoisotopic (exact) mass is 681 g/mol. The summed E-state index contributed by atoms with van der Waals surface area (Å²) in [6.07, 6.45) is 0. The average molecular weight is 682 g/mol. The Morgan fingerprint density at radius 3 is 1.58 bits per heavy atom. The largest absolute Gasteiger partial charge is 0.309 e. The number of hydrogen-bond donors (Lipinski definition) is 0. The van der Waals surface area contributed by atoms with E-state index in [2.05, 4.69) is 202 Å². The number of aromatic nitrogens is 2. The van der Waals surface area contributed by atoms with Gasteiger partial charge in [-0.25, -0.2) is 0 Å². The highest BCUT2D eigenvalue weighted by Gasteiger charge is 2.25. The Bertz CT molecular complexity index is 2990. The Kier molecular flexibility index (Phi) is 6.48. The highest BCUT2D eigenvalue weighted by Crippen LogP contribution is 2.52. The van der Waals surface area contributed by atoms with E-state index in [1.165, 1.54) is 87.3 Å². The number of hydrogen-bond acceptors (Lipinski definition) is 2. The minimum atomic E-state index is 1.16. The first kappa shape index (κ1) is 29.3. The van der Waals surface area contributed by atoms with Crippen LogP contribution in [0, 0.1) is 0 Å². The van der Waals surface area contributed by atoms with E-state index in [9.17, 15) is 0 Å². The molecule has 3 nitrogen and oxygen atoms in total. The molecule has 1 aliphatic rings. The first-order valence-electron chi connectivity index (χ1n) is 17.7. The van der Waals surface area contributed by atoms with Crippen LogP contribution < -0.4 is 4.90 Å². The van der Waals surface area contributed by atoms with Gasteiger partial charge in [0.25, 0.3) is 0 Å². The van der Waals surface area contributed by atoms with Crippen molar-refractivity contribution in [3.8, 4) is 22.5 Å². The molecule has 0 aliphatic carbocycles. The fourth-order valence-electron chi connectivity index (χ4n) is 8.18. The Hall–Kier alpha value is -6.49. The van der Waals surface area contributed by atoms with Gasteiger partial charge in [0.2, 0.25) is 0 Å². The summed E-state index contributed by atoms with van der Waals surface area (Å²) >= 11 is 1.85. The van der Waals surface area contributed by atoms with E-state index in [4.69, 9.17) is 0 Å². The standard InChI is InChI=1S/C48H31N3S/c1-3-13-34(14-4-1)49-41-19-9-8-18-38(41)40-31-36(25-28-44(40)49)51-42-20-10-7-17-37(42)39-29-32(23-26-43(39)51)33-24-27-46-48(30-33)52-47-22-12-11-21-45(47)50(46)35-15-5-2-6-16-35/h1-31H. The molecule has 0 amide bonds. The number of anilines is 3. The van der Waals surface area contributed by atoms with Gasteiger partial charge in [0.1, 0.15) is 0 Å². The maximum Gasteiger partial charge on any atom is 0.0602 e. The van der Waals surface area contributed by atoms with Crippen LogP contribution in [-0.4, -0.2) is 9.13 Å². The molecule has 0 N–H and O–H groups in total. The van der Waals surface area contributed by atoms with Crippen LogP contribution in [0.4, 0.5) is 17.1 Å². The van der Waals surface area contributed by atoms with Gasteiger partial charge in [-0.15, -0.1) is 0 Å². The molecule has 52 heavy (non-hydrogen) atoms. The number of rotatable bonds is 4. The van der Waals surface area contributed by atoms with Gasteiger partial charge in [0, 0.05) is 48.4 Å². The Morgan fingerprint density at radius 2 is 0.827 bits per heavy atom. The maximum atomic E-state index is 2.43. The zero-order valence-corrected chi connectivity index (χ0v) is 29.0. The minimum Gasteiger partial charge on any atom is -0.309 e. The lowest BCUT2D eigenvalue weighted by atomic mass is 10.0. The van der Waals surface area contributed by atoms with Gasteiger partial charge in [-0.2, -0.15) is 0 Å². The van der Waals surface area contributed by atoms with E-state index in [-0.39, 0.29) is 0 Å². The SMILES string of the molecule is c1ccc(N2c3ccccc3Sc3cc(-c4ccc5c(c4)c4ccccc4n5-c4ccc5c(c4)c4ccccc4n5-c4ccccc4)ccc32)cc1. The van der Waals surface area contributed by atoms with Crippen LogP contribution in [0.25, 0.3) is 66.1 Å². The fraction of sp³-hybridized carbons (Fsp3) is 0. The first-order chi connectivity index (χ1) is 25.8. The lowest BCUT2D eigenvalue weighted by Crippen LogP contribution is -2.14. The molecule has 0 bridgehead atoms. The van der Waals surface area contributed by atoms with Crippen molar-refractivity contribution in [2.45, 2.75) is 9.79 Å². The molecule has 10 aromatic rings. The highest BCUT2D eigenvalue weighted by molar-refractivity contribution is 7.99. The summed E-state index contributed by atoms with van der Waals surface area (Å²) in [7, 11) is 0. The van der Waals surface area contributed by atoms with Gasteiger partial charge in [-0.1, -0.05) is 109 Å². The molecule has 1 aliphatic heterocycles. The molecule has 244 valence electrons. The molecule has 0 unspecified atom stereocenters. The number of para-hydroxylation sites is 5. The van der Waals surface area contributed by atoms with E-state index in [0.717, 1.165) is 5.69 Å². The zero-order chi connectivity index (χ0) is 34.2. The Morgan fingerprint density at radius 1 is 0.308 bits per heavy atom. The average Bonchev–Trinajstić information content (AvgIpc) is 3.72. The van der Waals surface area contributed by atoms with Gasteiger partial charge < -0.3 is 14.0 Å². The van der Waals surface area contributed by atoms with E-state index in [1.807, 2.05) is 11.8 Å². The highest BCUT2D eigenvalue weighted by atomic mass is 32.2. The van der Waals surface area contributed by atoms with Crippen molar-refractivity contribution in [3.05, 3.63) is 188 Å². The molecule has 11 rings (SSSR count). The van der Waals surface area contributed by atoms with E-state index < -0.39 is 0 Å². The van der Waals surface area contributed by atoms with Crippen molar-refractivity contribution in [1.82, 2.24) is 9.13 Å². The summed E-state index contributed by atoms with van der Waals surface area (Å²) in [5.41, 5.74) is 13.2. The summed E-state index contributed by atoms with van der Waals surface area (Å²) < 4.78 is 4.81. The zero-order valence-electron chi connectivity index (χ0n) is 28.1. The minimum absolute atomic E-state index is 1.16. The topological polar surface area (TPSA) is 13.1 Å². The predicted octanol–water partition coefficient (Wildman–Crippen LogP) is 13.5. The molecular formula is C48H31N3S. The lowest BCUT2D eigenvalue weighted by molar-refractivity contribution is 1.16. The quantitative estimate of drug-likeness (QED) is 0.183. The van der Waals surface area contributed by atoms with Crippen LogP contribution in [0.3, 0.4) is 0 Å². The van der Waals surface area contributed by atoms with Crippen LogP contribution in [-0.2, 0) is 0 Å². The van der Waals surface area contributed by atoms with Crippen molar-refractivity contribution < 1.29 is 0 Å². The third kappa shape index (κ3) is 4.41. The molecule has 2 aromatic heterocycles. The van der Waals surface area contributed by atoms with Crippen molar-refractivity contribution in [3.63, 3.8) is 0 Å². The second kappa shape index (κ2) is 11.5. The van der Waals surface area contributed by atoms with E-state index in [1.54, 1.807) is 0 Å². The summed E-state index contributed by atoms with van der Waals surface area (Å²) in [5.74, 6) is 0. The number of fused-ring (bicyclic) bond motifs is 8. The van der Waals surface area contributed by atoms with Crippen LogP contribution >= 0.6 is 11.8 Å². The van der Waals surface area contributed by atoms with Gasteiger partial charge in [-0.05, 0) is 102 Å². The van der Waals surface area contributed by atoms with Crippen LogP contribution in [0.1, 0.15) is 0 Å². The molecule has 0 saturated heterocycles. The normalized spacial score (nSPS) is 12.5. The maximum absolute atomic E-state index is 2.43. The van der Waals surface area contributed by atoms with Crippen LogP contribution in [0.5, 0.6) is 0 Å². The molecule has 8 aromatic carbocycles. The van der Waals surface area contributed by atoms with Gasteiger partial charge in [0.05, 0.1) is 33.4 Å². The summed E-state index contributed by atoms with van der Waals surface area (Å²) in [6.45, 7) is 0. The van der Waals surface area contributed by atoms with Crippen molar-refractivity contribution in [2.75, 3.05) is 4.90 Å². The first-order valence-corrected chi connectivity index (χ1v) is 18.5. The number of nitrogens with zero attached hydrogens (tertiary/aromatic N) is 3. The third-order valence-corrected chi connectivity index (χ3v) is 11.6. The number of benzene rings is 8. The van der Waals surface area contributed by atoms with Crippen molar-refractivity contribution in [2.24, 2.45) is 0 Å². The van der Waals surface area contributed by atoms with E-state index in [0.29, 0.717) is 0 Å². The van der Waals surface area contributed by atoms with Gasteiger partial charge in [0.15, 0.2) is 0 Å². The summed E-state index contributed by atoms with van der Waals surface area (Å²) in [6, 6.07) is 68.4. The Labute approximate surface area is 305 Å². The summed E-state index contributed by atoms with van der Waals surface area (Å²) in [4.78, 5) is 4.90. The smallest absolute Gasteiger partial charge is 0.0602 e. The second-order valence-electron chi connectivity index (χ2n) is 13.4. The fourth-order valence-corrected chi connectivity index (χ4v) is 9.27. The van der Waals surface area contributed by atoms with Crippen molar-refractivity contribution in [1.29, 1.82) is 0 Å². The molecule has 0 radical (unpaired) electrons. The van der Waals surface area contributed by atoms with Crippen LogP contribution in [0.15, 0.2) is 198 Å². The summed E-state index contributed by atoms with van der Waals surface area (Å²) in [5, 5.41) is 5.01. The molecule has 0 atom stereocenters. The van der Waals surface area contributed by atoms with E-state index >= 15 is 0 Å². The third-order valence-electron chi connectivity index (χ3n) is 10.5. The second-order valence-corrected chi connectivity index (χ2v) is 14.5. The molecule has 3 heterocycles. The van der Waals surface area contributed by atoms with Gasteiger partial charge >= 0.3 is 0 Å². The lowest BCUT2D eigenvalue weighted by Gasteiger charge is -2.33. The molecular weight excluding hydrogens is 651 g/mol. The molecule has 0 fully saturated rings. The molecule has 0 saturated carbocycles.